The normalized spacial score (nSPS) is 15.0. The van der Waals surface area contributed by atoms with E-state index >= 15 is 0 Å². The van der Waals surface area contributed by atoms with Crippen LogP contribution in [0.4, 0.5) is 52.7 Å². The molecule has 0 radical (unpaired) electrons. The van der Waals surface area contributed by atoms with Crippen LogP contribution >= 0.6 is 0 Å². The molecule has 0 atom stereocenters. The smallest absolute Gasteiger partial charge is 0.426 e. The second kappa shape index (κ2) is 7.61. The summed E-state index contributed by atoms with van der Waals surface area (Å²) in [5, 5.41) is 17.9. The van der Waals surface area contributed by atoms with E-state index in [2.05, 4.69) is 11.3 Å². The summed E-state index contributed by atoms with van der Waals surface area (Å²) in [5.41, 5.74) is -11.7. The molecule has 0 aromatic carbocycles. The van der Waals surface area contributed by atoms with Crippen LogP contribution in [0.5, 0.6) is 0 Å². The van der Waals surface area contributed by atoms with Crippen LogP contribution in [-0.4, -0.2) is 58.2 Å². The van der Waals surface area contributed by atoms with Crippen LogP contribution in [0.15, 0.2) is 12.7 Å². The van der Waals surface area contributed by atoms with Crippen molar-refractivity contribution in [2.45, 2.75) is 54.9 Å². The third-order valence-corrected chi connectivity index (χ3v) is 3.37. The van der Waals surface area contributed by atoms with E-state index < -0.39 is 60.8 Å². The Hall–Kier alpha value is -1.71. The van der Waals surface area contributed by atoms with E-state index in [4.69, 9.17) is 10.2 Å². The van der Waals surface area contributed by atoms with Crippen LogP contribution in [0.2, 0.25) is 0 Å². The Balaban J connectivity index is 6.30. The molecule has 0 heterocycles. The Morgan fingerprint density at radius 3 is 1.18 bits per heavy atom. The van der Waals surface area contributed by atoms with E-state index in [1.807, 2.05) is 0 Å². The molecule has 0 aromatic rings. The molecular weight excluding hydrogens is 436 g/mol. The molecule has 0 aliphatic heterocycles. The number of hydrogen-bond acceptors (Lipinski definition) is 4. The molecule has 16 heteroatoms. The lowest BCUT2D eigenvalue weighted by atomic mass is 9.86. The average Bonchev–Trinajstić information content (AvgIpc) is 2.41. The van der Waals surface area contributed by atoms with Gasteiger partial charge < -0.3 is 14.9 Å². The standard InChI is InChI=1S/C12H10F12O4/c1-2-6(25)28-5(3-7(26,9(13,14)15)10(16,17)18)4-8(27,11(19,20)21)12(22,23)24/h2,5,26-27H,1,3-4H2. The molecule has 0 saturated carbocycles. The van der Waals surface area contributed by atoms with E-state index in [1.165, 1.54) is 0 Å². The van der Waals surface area contributed by atoms with Crippen molar-refractivity contribution in [1.82, 2.24) is 0 Å². The number of halogens is 12. The highest BCUT2D eigenvalue weighted by Crippen LogP contribution is 2.50. The van der Waals surface area contributed by atoms with Gasteiger partial charge in [0.2, 0.25) is 0 Å². The first kappa shape index (κ1) is 26.3. The second-order valence-corrected chi connectivity index (χ2v) is 5.38. The summed E-state index contributed by atoms with van der Waals surface area (Å²) in [6, 6.07) is 0. The Morgan fingerprint density at radius 1 is 0.750 bits per heavy atom. The zero-order valence-electron chi connectivity index (χ0n) is 13.0. The van der Waals surface area contributed by atoms with Gasteiger partial charge in [-0.1, -0.05) is 6.58 Å². The first-order valence-corrected chi connectivity index (χ1v) is 6.58. The first-order chi connectivity index (χ1) is 12.0. The summed E-state index contributed by atoms with van der Waals surface area (Å²) in [6.45, 7) is 2.61. The van der Waals surface area contributed by atoms with Crippen molar-refractivity contribution in [3.8, 4) is 0 Å². The Kier molecular flexibility index (Phi) is 7.14. The first-order valence-electron chi connectivity index (χ1n) is 6.58. The highest BCUT2D eigenvalue weighted by Gasteiger charge is 2.74. The molecule has 2 N–H and O–H groups in total. The fourth-order valence-corrected chi connectivity index (χ4v) is 1.81. The van der Waals surface area contributed by atoms with Crippen molar-refractivity contribution >= 4 is 5.97 Å². The molecule has 0 amide bonds. The predicted molar refractivity (Wildman–Crippen MR) is 63.4 cm³/mol. The molecule has 0 aliphatic rings. The van der Waals surface area contributed by atoms with Gasteiger partial charge in [0.1, 0.15) is 6.10 Å². The van der Waals surface area contributed by atoms with Crippen molar-refractivity contribution in [2.24, 2.45) is 0 Å². The van der Waals surface area contributed by atoms with Crippen LogP contribution in [0, 0.1) is 0 Å². The summed E-state index contributed by atoms with van der Waals surface area (Å²) in [4.78, 5) is 11.0. The molecule has 0 rings (SSSR count). The lowest BCUT2D eigenvalue weighted by molar-refractivity contribution is -0.386. The summed E-state index contributed by atoms with van der Waals surface area (Å²) in [5.74, 6) is -2.01. The van der Waals surface area contributed by atoms with Crippen molar-refractivity contribution in [2.75, 3.05) is 0 Å². The maximum absolute atomic E-state index is 12.6. The monoisotopic (exact) mass is 446 g/mol. The highest BCUT2D eigenvalue weighted by molar-refractivity contribution is 5.81. The van der Waals surface area contributed by atoms with Crippen LogP contribution in [0.3, 0.4) is 0 Å². The molecule has 0 bridgehead atoms. The van der Waals surface area contributed by atoms with Gasteiger partial charge in [-0.15, -0.1) is 0 Å². The van der Waals surface area contributed by atoms with Crippen LogP contribution in [-0.2, 0) is 9.53 Å². The van der Waals surface area contributed by atoms with Gasteiger partial charge in [-0.25, -0.2) is 4.79 Å². The fraction of sp³-hybridized carbons (Fsp3) is 0.750. The van der Waals surface area contributed by atoms with Crippen LogP contribution < -0.4 is 0 Å². The molecule has 28 heavy (non-hydrogen) atoms. The number of alkyl halides is 12. The number of aliphatic hydroxyl groups is 2. The lowest BCUT2D eigenvalue weighted by Gasteiger charge is -2.38. The van der Waals surface area contributed by atoms with E-state index in [1.54, 1.807) is 0 Å². The molecule has 0 aliphatic carbocycles. The number of ether oxygens (including phenoxy) is 1. The number of rotatable bonds is 6. The number of carbonyl (C=O) groups excluding carboxylic acids is 1. The minimum Gasteiger partial charge on any atom is -0.459 e. The van der Waals surface area contributed by atoms with E-state index in [9.17, 15) is 57.5 Å². The zero-order chi connectivity index (χ0) is 23.0. The van der Waals surface area contributed by atoms with E-state index in [-0.39, 0.29) is 6.08 Å². The summed E-state index contributed by atoms with van der Waals surface area (Å²) in [6.07, 6.45) is -36.1. The topological polar surface area (TPSA) is 66.8 Å². The van der Waals surface area contributed by atoms with Gasteiger partial charge in [0.25, 0.3) is 11.2 Å². The van der Waals surface area contributed by atoms with Crippen LogP contribution in [0.25, 0.3) is 0 Å². The maximum Gasteiger partial charge on any atom is 0.426 e. The SMILES string of the molecule is C=CC(=O)OC(CC(O)(C(F)(F)F)C(F)(F)F)CC(O)(C(F)(F)F)C(F)(F)F. The minimum absolute atomic E-state index is 0.00740. The molecular formula is C12H10F12O4. The van der Waals surface area contributed by atoms with Crippen molar-refractivity contribution < 1.29 is 72.4 Å². The van der Waals surface area contributed by atoms with Gasteiger partial charge in [-0.3, -0.25) is 0 Å². The van der Waals surface area contributed by atoms with Crippen molar-refractivity contribution in [3.63, 3.8) is 0 Å². The van der Waals surface area contributed by atoms with Gasteiger partial charge in [-0.2, -0.15) is 52.7 Å². The van der Waals surface area contributed by atoms with Gasteiger partial charge in [0.05, 0.1) is 0 Å². The van der Waals surface area contributed by atoms with Crippen molar-refractivity contribution in [1.29, 1.82) is 0 Å². The predicted octanol–water partition coefficient (Wildman–Crippen LogP) is 3.58. The molecule has 166 valence electrons. The second-order valence-electron chi connectivity index (χ2n) is 5.38. The number of esters is 1. The van der Waals surface area contributed by atoms with Gasteiger partial charge >= 0.3 is 30.7 Å². The summed E-state index contributed by atoms with van der Waals surface area (Å²) >= 11 is 0. The molecule has 0 spiro atoms. The largest absolute Gasteiger partial charge is 0.459 e. The van der Waals surface area contributed by atoms with Gasteiger partial charge in [-0.05, 0) is 0 Å². The summed E-state index contributed by atoms with van der Waals surface area (Å²) < 4.78 is 155. The Bertz CT molecular complexity index is 503. The quantitative estimate of drug-likeness (QED) is 0.372. The lowest BCUT2D eigenvalue weighted by Crippen LogP contribution is -2.62. The maximum atomic E-state index is 12.6. The third kappa shape index (κ3) is 5.21. The fourth-order valence-electron chi connectivity index (χ4n) is 1.81. The molecule has 4 nitrogen and oxygen atoms in total. The van der Waals surface area contributed by atoms with Crippen LogP contribution in [0.1, 0.15) is 12.8 Å². The Labute approximate surface area is 147 Å². The number of hydrogen-bond donors (Lipinski definition) is 2. The van der Waals surface area contributed by atoms with Crippen molar-refractivity contribution in [3.05, 3.63) is 12.7 Å². The van der Waals surface area contributed by atoms with E-state index in [0.29, 0.717) is 0 Å². The third-order valence-electron chi connectivity index (χ3n) is 3.37. The minimum atomic E-state index is -6.64. The Morgan fingerprint density at radius 2 is 1.00 bits per heavy atom. The average molecular weight is 446 g/mol. The number of carbonyl (C=O) groups is 1. The van der Waals surface area contributed by atoms with Gasteiger partial charge in [0, 0.05) is 18.9 Å². The molecule has 0 saturated heterocycles. The highest BCUT2D eigenvalue weighted by atomic mass is 19.4. The summed E-state index contributed by atoms with van der Waals surface area (Å²) in [7, 11) is 0. The zero-order valence-corrected chi connectivity index (χ0v) is 13.0. The molecule has 0 aromatic heterocycles. The van der Waals surface area contributed by atoms with Gasteiger partial charge in [0.15, 0.2) is 0 Å². The van der Waals surface area contributed by atoms with E-state index in [0.717, 1.165) is 0 Å². The molecule has 0 unspecified atom stereocenters. The molecule has 0 fully saturated rings.